The fourth-order valence-electron chi connectivity index (χ4n) is 1.36. The SMILES string of the molecule is CC(N)c1ncc2c(n1)CSCC2. The Balaban J connectivity index is 2.35. The summed E-state index contributed by atoms with van der Waals surface area (Å²) in [6.07, 6.45) is 3.03. The van der Waals surface area contributed by atoms with Crippen molar-refractivity contribution >= 4 is 11.8 Å². The van der Waals surface area contributed by atoms with E-state index in [1.807, 2.05) is 24.9 Å². The minimum Gasteiger partial charge on any atom is -0.322 e. The summed E-state index contributed by atoms with van der Waals surface area (Å²) in [7, 11) is 0. The molecule has 3 nitrogen and oxygen atoms in total. The van der Waals surface area contributed by atoms with E-state index in [-0.39, 0.29) is 6.04 Å². The predicted molar refractivity (Wildman–Crippen MR) is 54.5 cm³/mol. The fraction of sp³-hybridized carbons (Fsp3) is 0.556. The van der Waals surface area contributed by atoms with Gasteiger partial charge in [0.05, 0.1) is 11.7 Å². The monoisotopic (exact) mass is 195 g/mol. The van der Waals surface area contributed by atoms with E-state index in [0.717, 1.165) is 18.0 Å². The van der Waals surface area contributed by atoms with Crippen LogP contribution in [-0.4, -0.2) is 15.7 Å². The molecule has 1 aliphatic heterocycles. The highest BCUT2D eigenvalue weighted by atomic mass is 32.2. The number of rotatable bonds is 1. The van der Waals surface area contributed by atoms with Crippen LogP contribution in [0.2, 0.25) is 0 Å². The van der Waals surface area contributed by atoms with E-state index in [2.05, 4.69) is 9.97 Å². The molecule has 0 saturated heterocycles. The summed E-state index contributed by atoms with van der Waals surface area (Å²) in [4.78, 5) is 8.70. The Kier molecular flexibility index (Phi) is 2.51. The maximum atomic E-state index is 5.72. The lowest BCUT2D eigenvalue weighted by molar-refractivity contribution is 0.724. The van der Waals surface area contributed by atoms with Crippen molar-refractivity contribution in [2.45, 2.75) is 25.1 Å². The number of fused-ring (bicyclic) bond motifs is 1. The summed E-state index contributed by atoms with van der Waals surface area (Å²) in [5.74, 6) is 2.96. The Morgan fingerprint density at radius 1 is 1.62 bits per heavy atom. The van der Waals surface area contributed by atoms with Gasteiger partial charge in [-0.3, -0.25) is 0 Å². The zero-order valence-electron chi connectivity index (χ0n) is 7.66. The molecular weight excluding hydrogens is 182 g/mol. The van der Waals surface area contributed by atoms with Gasteiger partial charge in [-0.15, -0.1) is 0 Å². The van der Waals surface area contributed by atoms with E-state index in [1.54, 1.807) is 0 Å². The van der Waals surface area contributed by atoms with Crippen LogP contribution in [0, 0.1) is 0 Å². The van der Waals surface area contributed by atoms with Crippen molar-refractivity contribution in [3.63, 3.8) is 0 Å². The van der Waals surface area contributed by atoms with E-state index < -0.39 is 0 Å². The highest BCUT2D eigenvalue weighted by Gasteiger charge is 2.13. The van der Waals surface area contributed by atoms with E-state index in [0.29, 0.717) is 0 Å². The number of aromatic nitrogens is 2. The topological polar surface area (TPSA) is 51.8 Å². The van der Waals surface area contributed by atoms with Crippen LogP contribution in [0.3, 0.4) is 0 Å². The summed E-state index contributed by atoms with van der Waals surface area (Å²) in [6, 6.07) is -0.0581. The highest BCUT2D eigenvalue weighted by Crippen LogP contribution is 2.22. The molecule has 0 aliphatic carbocycles. The number of hydrogen-bond donors (Lipinski definition) is 1. The lowest BCUT2D eigenvalue weighted by atomic mass is 10.2. The molecule has 0 saturated carbocycles. The highest BCUT2D eigenvalue weighted by molar-refractivity contribution is 7.98. The van der Waals surface area contributed by atoms with Crippen LogP contribution in [0.15, 0.2) is 6.20 Å². The van der Waals surface area contributed by atoms with E-state index >= 15 is 0 Å². The summed E-state index contributed by atoms with van der Waals surface area (Å²) in [6.45, 7) is 1.91. The van der Waals surface area contributed by atoms with E-state index in [9.17, 15) is 0 Å². The smallest absolute Gasteiger partial charge is 0.144 e. The summed E-state index contributed by atoms with van der Waals surface area (Å²) in [5.41, 5.74) is 8.19. The Labute approximate surface area is 82.2 Å². The number of aryl methyl sites for hydroxylation is 1. The van der Waals surface area contributed by atoms with Crippen LogP contribution >= 0.6 is 11.8 Å². The fourth-order valence-corrected chi connectivity index (χ4v) is 2.31. The average molecular weight is 195 g/mol. The molecule has 2 rings (SSSR count). The quantitative estimate of drug-likeness (QED) is 0.733. The molecule has 0 spiro atoms. The third-order valence-electron chi connectivity index (χ3n) is 2.13. The van der Waals surface area contributed by atoms with Gasteiger partial charge in [0.15, 0.2) is 0 Å². The molecule has 1 unspecified atom stereocenters. The number of nitrogens with two attached hydrogens (primary N) is 1. The van der Waals surface area contributed by atoms with Gasteiger partial charge in [-0.1, -0.05) is 0 Å². The molecule has 2 N–H and O–H groups in total. The molecule has 0 radical (unpaired) electrons. The van der Waals surface area contributed by atoms with Crippen molar-refractivity contribution in [3.05, 3.63) is 23.3 Å². The van der Waals surface area contributed by atoms with E-state index in [4.69, 9.17) is 5.73 Å². The Hall–Kier alpha value is -0.610. The maximum Gasteiger partial charge on any atom is 0.144 e. The van der Waals surface area contributed by atoms with Gasteiger partial charge in [0.1, 0.15) is 5.82 Å². The van der Waals surface area contributed by atoms with Gasteiger partial charge >= 0.3 is 0 Å². The van der Waals surface area contributed by atoms with Crippen LogP contribution in [0.1, 0.15) is 30.0 Å². The van der Waals surface area contributed by atoms with Crippen molar-refractivity contribution in [2.75, 3.05) is 5.75 Å². The Morgan fingerprint density at radius 3 is 3.23 bits per heavy atom. The first-order valence-corrected chi connectivity index (χ1v) is 5.61. The second kappa shape index (κ2) is 3.64. The van der Waals surface area contributed by atoms with Gasteiger partial charge in [0, 0.05) is 11.9 Å². The molecule has 2 heterocycles. The second-order valence-corrected chi connectivity index (χ2v) is 4.40. The molecule has 0 bridgehead atoms. The molecule has 0 aromatic carbocycles. The van der Waals surface area contributed by atoms with Crippen LogP contribution in [0.5, 0.6) is 0 Å². The lowest BCUT2D eigenvalue weighted by Gasteiger charge is -2.15. The molecule has 1 aromatic heterocycles. The van der Waals surface area contributed by atoms with Crippen molar-refractivity contribution < 1.29 is 0 Å². The molecule has 4 heteroatoms. The first-order chi connectivity index (χ1) is 6.27. The van der Waals surface area contributed by atoms with Gasteiger partial charge in [-0.25, -0.2) is 9.97 Å². The maximum absolute atomic E-state index is 5.72. The van der Waals surface area contributed by atoms with Gasteiger partial charge in [0.2, 0.25) is 0 Å². The number of nitrogens with zero attached hydrogens (tertiary/aromatic N) is 2. The molecular formula is C9H13N3S. The standard InChI is InChI=1S/C9H13N3S/c1-6(10)9-11-4-7-2-3-13-5-8(7)12-9/h4,6H,2-3,5,10H2,1H3. The molecule has 70 valence electrons. The van der Waals surface area contributed by atoms with Gasteiger partial charge in [-0.2, -0.15) is 11.8 Å². The van der Waals surface area contributed by atoms with Crippen molar-refractivity contribution in [1.29, 1.82) is 0 Å². The third-order valence-corrected chi connectivity index (χ3v) is 3.10. The normalized spacial score (nSPS) is 18.0. The van der Waals surface area contributed by atoms with Crippen LogP contribution in [0.4, 0.5) is 0 Å². The summed E-state index contributed by atoms with van der Waals surface area (Å²) >= 11 is 1.93. The molecule has 0 fully saturated rings. The zero-order valence-corrected chi connectivity index (χ0v) is 8.47. The molecule has 1 aliphatic rings. The van der Waals surface area contributed by atoms with Gasteiger partial charge < -0.3 is 5.73 Å². The first-order valence-electron chi connectivity index (χ1n) is 4.45. The minimum atomic E-state index is -0.0581. The number of hydrogen-bond acceptors (Lipinski definition) is 4. The van der Waals surface area contributed by atoms with E-state index in [1.165, 1.54) is 17.0 Å². The molecule has 0 amide bonds. The Morgan fingerprint density at radius 2 is 2.46 bits per heavy atom. The largest absolute Gasteiger partial charge is 0.322 e. The molecule has 13 heavy (non-hydrogen) atoms. The third kappa shape index (κ3) is 1.84. The minimum absolute atomic E-state index is 0.0581. The summed E-state index contributed by atoms with van der Waals surface area (Å²) in [5, 5.41) is 0. The molecule has 1 aromatic rings. The first kappa shape index (κ1) is 8.97. The van der Waals surface area contributed by atoms with Crippen molar-refractivity contribution in [1.82, 2.24) is 9.97 Å². The molecule has 1 atom stereocenters. The summed E-state index contributed by atoms with van der Waals surface area (Å²) < 4.78 is 0. The second-order valence-electron chi connectivity index (χ2n) is 3.29. The zero-order chi connectivity index (χ0) is 9.26. The van der Waals surface area contributed by atoms with Crippen LogP contribution in [0.25, 0.3) is 0 Å². The van der Waals surface area contributed by atoms with Crippen molar-refractivity contribution in [2.24, 2.45) is 5.73 Å². The van der Waals surface area contributed by atoms with Gasteiger partial charge in [-0.05, 0) is 24.7 Å². The van der Waals surface area contributed by atoms with Crippen LogP contribution in [-0.2, 0) is 12.2 Å². The lowest BCUT2D eigenvalue weighted by Crippen LogP contribution is -2.14. The van der Waals surface area contributed by atoms with Crippen LogP contribution < -0.4 is 5.73 Å². The average Bonchev–Trinajstić information content (AvgIpc) is 2.17. The predicted octanol–water partition coefficient (Wildman–Crippen LogP) is 1.29. The van der Waals surface area contributed by atoms with Gasteiger partial charge in [0.25, 0.3) is 0 Å². The van der Waals surface area contributed by atoms with Crippen molar-refractivity contribution in [3.8, 4) is 0 Å². The number of thioether (sulfide) groups is 1. The Bertz CT molecular complexity index is 312.